The smallest absolute Gasteiger partial charge is 0.251 e. The van der Waals surface area contributed by atoms with Crippen molar-refractivity contribution >= 4 is 11.8 Å². The Morgan fingerprint density at radius 3 is 2.46 bits per heavy atom. The number of rotatable bonds is 7. The highest BCUT2D eigenvalue weighted by Gasteiger charge is 2.26. The van der Waals surface area contributed by atoms with E-state index >= 15 is 0 Å². The number of amides is 2. The van der Waals surface area contributed by atoms with E-state index in [0.29, 0.717) is 36.8 Å². The van der Waals surface area contributed by atoms with E-state index in [4.69, 9.17) is 9.47 Å². The van der Waals surface area contributed by atoms with Crippen LogP contribution in [0, 0.1) is 5.92 Å². The van der Waals surface area contributed by atoms with Crippen molar-refractivity contribution in [2.45, 2.75) is 32.9 Å². The molecule has 0 radical (unpaired) electrons. The van der Waals surface area contributed by atoms with Crippen molar-refractivity contribution in [2.75, 3.05) is 13.2 Å². The van der Waals surface area contributed by atoms with Crippen LogP contribution in [0.3, 0.4) is 0 Å². The van der Waals surface area contributed by atoms with Gasteiger partial charge in [0.1, 0.15) is 19.3 Å². The third-order valence-electron chi connectivity index (χ3n) is 4.89. The molecule has 148 valence electrons. The van der Waals surface area contributed by atoms with Crippen LogP contribution < -0.4 is 20.1 Å². The molecule has 1 heterocycles. The van der Waals surface area contributed by atoms with E-state index in [1.807, 2.05) is 38.1 Å². The molecule has 2 unspecified atom stereocenters. The van der Waals surface area contributed by atoms with Crippen LogP contribution in [0.25, 0.3) is 0 Å². The van der Waals surface area contributed by atoms with Gasteiger partial charge in [-0.15, -0.1) is 0 Å². The molecule has 0 saturated carbocycles. The fourth-order valence-corrected chi connectivity index (χ4v) is 3.01. The number of fused-ring (bicyclic) bond motifs is 1. The average molecular weight is 382 g/mol. The van der Waals surface area contributed by atoms with Gasteiger partial charge in [0, 0.05) is 12.1 Å². The lowest BCUT2D eigenvalue weighted by molar-refractivity contribution is -0.124. The summed E-state index contributed by atoms with van der Waals surface area (Å²) in [6.07, 6.45) is 0.775. The van der Waals surface area contributed by atoms with Crippen LogP contribution in [-0.2, 0) is 11.3 Å². The molecule has 1 aliphatic rings. The van der Waals surface area contributed by atoms with Gasteiger partial charge >= 0.3 is 0 Å². The Morgan fingerprint density at radius 2 is 1.75 bits per heavy atom. The highest BCUT2D eigenvalue weighted by atomic mass is 16.6. The Kier molecular flexibility index (Phi) is 6.53. The normalized spacial score (nSPS) is 14.6. The molecule has 0 aromatic heterocycles. The number of benzene rings is 2. The van der Waals surface area contributed by atoms with Crippen molar-refractivity contribution < 1.29 is 19.1 Å². The lowest BCUT2D eigenvalue weighted by Crippen LogP contribution is -2.50. The molecule has 2 atom stereocenters. The monoisotopic (exact) mass is 382 g/mol. The second-order valence-corrected chi connectivity index (χ2v) is 6.90. The van der Waals surface area contributed by atoms with Crippen molar-refractivity contribution in [2.24, 2.45) is 5.92 Å². The fourth-order valence-electron chi connectivity index (χ4n) is 3.01. The minimum absolute atomic E-state index is 0.00734. The third kappa shape index (κ3) is 4.82. The third-order valence-corrected chi connectivity index (χ3v) is 4.89. The SMILES string of the molecule is CCC(C)C(NC(=O)c1ccccc1)C(=O)NCc1ccc2c(c1)OCCO2. The van der Waals surface area contributed by atoms with E-state index in [9.17, 15) is 9.59 Å². The zero-order valence-electron chi connectivity index (χ0n) is 16.2. The van der Waals surface area contributed by atoms with Crippen LogP contribution in [-0.4, -0.2) is 31.1 Å². The lowest BCUT2D eigenvalue weighted by Gasteiger charge is -2.24. The van der Waals surface area contributed by atoms with Crippen LogP contribution in [0.1, 0.15) is 36.2 Å². The van der Waals surface area contributed by atoms with Crippen LogP contribution in [0.2, 0.25) is 0 Å². The maximum atomic E-state index is 12.8. The van der Waals surface area contributed by atoms with Gasteiger partial charge in [0.05, 0.1) is 0 Å². The Bertz CT molecular complexity index is 823. The zero-order chi connectivity index (χ0) is 19.9. The second-order valence-electron chi connectivity index (χ2n) is 6.90. The molecule has 3 rings (SSSR count). The van der Waals surface area contributed by atoms with E-state index in [0.717, 1.165) is 12.0 Å². The summed E-state index contributed by atoms with van der Waals surface area (Å²) in [5.74, 6) is 0.963. The quantitative estimate of drug-likeness (QED) is 0.772. The summed E-state index contributed by atoms with van der Waals surface area (Å²) in [5.41, 5.74) is 1.45. The average Bonchev–Trinajstić information content (AvgIpc) is 2.75. The van der Waals surface area contributed by atoms with Crippen LogP contribution in [0.4, 0.5) is 0 Å². The first kappa shape index (κ1) is 19.7. The van der Waals surface area contributed by atoms with Gasteiger partial charge in [-0.2, -0.15) is 0 Å². The molecule has 0 fully saturated rings. The summed E-state index contributed by atoms with van der Waals surface area (Å²) in [4.78, 5) is 25.3. The standard InChI is InChI=1S/C22H26N2O4/c1-3-15(2)20(24-21(25)17-7-5-4-6-8-17)22(26)23-14-16-9-10-18-19(13-16)28-12-11-27-18/h4-10,13,15,20H,3,11-12,14H2,1-2H3,(H,23,26)(H,24,25). The van der Waals surface area contributed by atoms with E-state index < -0.39 is 6.04 Å². The molecule has 2 aromatic rings. The van der Waals surface area contributed by atoms with Crippen LogP contribution in [0.5, 0.6) is 11.5 Å². The highest BCUT2D eigenvalue weighted by molar-refractivity contribution is 5.97. The zero-order valence-corrected chi connectivity index (χ0v) is 16.2. The van der Waals surface area contributed by atoms with E-state index in [1.165, 1.54) is 0 Å². The van der Waals surface area contributed by atoms with Crippen molar-refractivity contribution in [1.82, 2.24) is 10.6 Å². The molecule has 0 bridgehead atoms. The summed E-state index contributed by atoms with van der Waals surface area (Å²) in [6, 6.07) is 13.9. The minimum atomic E-state index is -0.602. The molecule has 28 heavy (non-hydrogen) atoms. The van der Waals surface area contributed by atoms with Gasteiger partial charge in [-0.3, -0.25) is 9.59 Å². The Hall–Kier alpha value is -3.02. The molecule has 2 amide bonds. The molecule has 6 heteroatoms. The van der Waals surface area contributed by atoms with Crippen molar-refractivity contribution in [3.05, 3.63) is 59.7 Å². The predicted octanol–water partition coefficient (Wildman–Crippen LogP) is 2.92. The van der Waals surface area contributed by atoms with Gasteiger partial charge in [0.15, 0.2) is 11.5 Å². The van der Waals surface area contributed by atoms with Crippen molar-refractivity contribution in [1.29, 1.82) is 0 Å². The first-order chi connectivity index (χ1) is 13.6. The molecule has 2 aromatic carbocycles. The number of ether oxygens (including phenoxy) is 2. The fraction of sp³-hybridized carbons (Fsp3) is 0.364. The molecule has 0 aliphatic carbocycles. The van der Waals surface area contributed by atoms with Crippen molar-refractivity contribution in [3.63, 3.8) is 0 Å². The summed E-state index contributed by atoms with van der Waals surface area (Å²) in [7, 11) is 0. The Morgan fingerprint density at radius 1 is 1.04 bits per heavy atom. The van der Waals surface area contributed by atoms with E-state index in [-0.39, 0.29) is 17.7 Å². The summed E-state index contributed by atoms with van der Waals surface area (Å²) < 4.78 is 11.1. The molecular formula is C22H26N2O4. The lowest BCUT2D eigenvalue weighted by atomic mass is 9.97. The number of hydrogen-bond acceptors (Lipinski definition) is 4. The van der Waals surface area contributed by atoms with Gasteiger partial charge in [0.25, 0.3) is 5.91 Å². The summed E-state index contributed by atoms with van der Waals surface area (Å²) in [5, 5.41) is 5.80. The number of carbonyl (C=O) groups excluding carboxylic acids is 2. The molecule has 0 spiro atoms. The molecule has 1 aliphatic heterocycles. The number of hydrogen-bond donors (Lipinski definition) is 2. The van der Waals surface area contributed by atoms with Gasteiger partial charge in [0.2, 0.25) is 5.91 Å². The Labute approximate surface area is 165 Å². The molecule has 6 nitrogen and oxygen atoms in total. The maximum Gasteiger partial charge on any atom is 0.251 e. The Balaban J connectivity index is 1.64. The first-order valence-electron chi connectivity index (χ1n) is 9.60. The van der Waals surface area contributed by atoms with Gasteiger partial charge in [-0.05, 0) is 35.7 Å². The van der Waals surface area contributed by atoms with Gasteiger partial charge < -0.3 is 20.1 Å². The highest BCUT2D eigenvalue weighted by Crippen LogP contribution is 2.30. The first-order valence-corrected chi connectivity index (χ1v) is 9.60. The molecular weight excluding hydrogens is 356 g/mol. The van der Waals surface area contributed by atoms with Gasteiger partial charge in [-0.1, -0.05) is 44.5 Å². The molecule has 0 saturated heterocycles. The van der Waals surface area contributed by atoms with Crippen LogP contribution >= 0.6 is 0 Å². The minimum Gasteiger partial charge on any atom is -0.486 e. The second kappa shape index (κ2) is 9.26. The topological polar surface area (TPSA) is 76.7 Å². The largest absolute Gasteiger partial charge is 0.486 e. The number of carbonyl (C=O) groups is 2. The van der Waals surface area contributed by atoms with E-state index in [1.54, 1.807) is 24.3 Å². The summed E-state index contributed by atoms with van der Waals surface area (Å²) >= 11 is 0. The predicted molar refractivity (Wildman–Crippen MR) is 106 cm³/mol. The maximum absolute atomic E-state index is 12.8. The number of nitrogens with one attached hydrogen (secondary N) is 2. The van der Waals surface area contributed by atoms with E-state index in [2.05, 4.69) is 10.6 Å². The van der Waals surface area contributed by atoms with Crippen LogP contribution in [0.15, 0.2) is 48.5 Å². The van der Waals surface area contributed by atoms with Gasteiger partial charge in [-0.25, -0.2) is 0 Å². The summed E-state index contributed by atoms with van der Waals surface area (Å²) in [6.45, 7) is 5.37. The molecule has 2 N–H and O–H groups in total. The van der Waals surface area contributed by atoms with Crippen molar-refractivity contribution in [3.8, 4) is 11.5 Å².